The second-order valence-corrected chi connectivity index (χ2v) is 3.78. The Bertz CT molecular complexity index is 452. The fourth-order valence-corrected chi connectivity index (χ4v) is 1.48. The largest absolute Gasteiger partial charge is 0.369 e. The maximum atomic E-state index is 11.2. The zero-order valence-corrected chi connectivity index (χ0v) is 9.62. The van der Waals surface area contributed by atoms with E-state index in [1.807, 2.05) is 0 Å². The molecule has 2 N–H and O–H groups in total. The van der Waals surface area contributed by atoms with Gasteiger partial charge in [-0.1, -0.05) is 29.8 Å². The van der Waals surface area contributed by atoms with Crippen molar-refractivity contribution < 1.29 is 9.59 Å². The van der Waals surface area contributed by atoms with E-state index >= 15 is 0 Å². The van der Waals surface area contributed by atoms with Crippen LogP contribution >= 0.6 is 11.6 Å². The van der Waals surface area contributed by atoms with Crippen LogP contribution in [0.25, 0.3) is 6.08 Å². The quantitative estimate of drug-likeness (QED) is 0.818. The molecule has 0 atom stereocenters. The fourth-order valence-electron chi connectivity index (χ4n) is 1.23. The van der Waals surface area contributed by atoms with Gasteiger partial charge in [0, 0.05) is 12.0 Å². The van der Waals surface area contributed by atoms with Crippen LogP contribution in [0.1, 0.15) is 29.3 Å². The van der Waals surface area contributed by atoms with Crippen molar-refractivity contribution in [1.29, 1.82) is 0 Å². The summed E-state index contributed by atoms with van der Waals surface area (Å²) in [4.78, 5) is 21.7. The van der Waals surface area contributed by atoms with Crippen LogP contribution in [0.15, 0.2) is 24.3 Å². The van der Waals surface area contributed by atoms with Gasteiger partial charge in [-0.3, -0.25) is 9.59 Å². The van der Waals surface area contributed by atoms with Crippen LogP contribution in [-0.2, 0) is 4.79 Å². The third-order valence-electron chi connectivity index (χ3n) is 2.00. The molecule has 1 aromatic rings. The van der Waals surface area contributed by atoms with Gasteiger partial charge in [0.05, 0.1) is 5.02 Å². The normalized spacial score (nSPS) is 10.6. The minimum absolute atomic E-state index is 0.0878. The highest BCUT2D eigenvalue weighted by molar-refractivity contribution is 6.33. The molecular weight excluding hydrogens is 226 g/mol. The van der Waals surface area contributed by atoms with Crippen LogP contribution < -0.4 is 5.73 Å². The van der Waals surface area contributed by atoms with E-state index in [1.54, 1.807) is 30.4 Å². The average Bonchev–Trinajstić information content (AvgIpc) is 2.19. The van der Waals surface area contributed by atoms with Crippen molar-refractivity contribution in [2.45, 2.75) is 13.3 Å². The van der Waals surface area contributed by atoms with E-state index in [4.69, 9.17) is 17.3 Å². The summed E-state index contributed by atoms with van der Waals surface area (Å²) < 4.78 is 0. The summed E-state index contributed by atoms with van der Waals surface area (Å²) >= 11 is 5.86. The smallest absolute Gasteiger partial charge is 0.221 e. The molecule has 0 spiro atoms. The van der Waals surface area contributed by atoms with Gasteiger partial charge in [-0.05, 0) is 24.6 Å². The number of ketones is 1. The van der Waals surface area contributed by atoms with Crippen LogP contribution in [0.2, 0.25) is 5.02 Å². The molecule has 1 amide bonds. The van der Waals surface area contributed by atoms with Crippen molar-refractivity contribution in [3.8, 4) is 0 Å². The molecule has 0 aromatic heterocycles. The predicted octanol–water partition coefficient (Wildman–Crippen LogP) is 2.43. The molecule has 0 unspecified atom stereocenters. The molecule has 1 aromatic carbocycles. The maximum Gasteiger partial charge on any atom is 0.221 e. The van der Waals surface area contributed by atoms with E-state index in [-0.39, 0.29) is 12.2 Å². The molecule has 0 radical (unpaired) electrons. The topological polar surface area (TPSA) is 60.2 Å². The van der Waals surface area contributed by atoms with Gasteiger partial charge in [0.2, 0.25) is 5.91 Å². The lowest BCUT2D eigenvalue weighted by Crippen LogP contribution is -2.07. The molecular formula is C12H12ClNO2. The number of benzene rings is 1. The number of hydrogen-bond donors (Lipinski definition) is 1. The zero-order valence-electron chi connectivity index (χ0n) is 8.87. The first kappa shape index (κ1) is 12.5. The Kier molecular flexibility index (Phi) is 4.26. The first-order valence-corrected chi connectivity index (χ1v) is 5.14. The van der Waals surface area contributed by atoms with E-state index in [0.717, 1.165) is 5.56 Å². The number of amides is 1. The molecule has 0 bridgehead atoms. The first-order chi connectivity index (χ1) is 7.50. The lowest BCUT2D eigenvalue weighted by molar-refractivity contribution is -0.117. The summed E-state index contributed by atoms with van der Waals surface area (Å²) in [5.41, 5.74) is 6.28. The molecule has 84 valence electrons. The second-order valence-electron chi connectivity index (χ2n) is 3.37. The molecule has 0 aliphatic rings. The molecule has 0 heterocycles. The SMILES string of the molecule is CC(=O)c1cc(C=CCC(N)=O)ccc1Cl. The number of carbonyl (C=O) groups is 2. The Balaban J connectivity index is 2.91. The van der Waals surface area contributed by atoms with Gasteiger partial charge in [-0.25, -0.2) is 0 Å². The van der Waals surface area contributed by atoms with Gasteiger partial charge >= 0.3 is 0 Å². The van der Waals surface area contributed by atoms with Gasteiger partial charge in [-0.2, -0.15) is 0 Å². The highest BCUT2D eigenvalue weighted by atomic mass is 35.5. The molecule has 1 rings (SSSR count). The number of carbonyl (C=O) groups excluding carboxylic acids is 2. The third kappa shape index (κ3) is 3.51. The number of rotatable bonds is 4. The summed E-state index contributed by atoms with van der Waals surface area (Å²) in [6.07, 6.45) is 3.56. The third-order valence-corrected chi connectivity index (χ3v) is 2.33. The Morgan fingerprint density at radius 2 is 2.12 bits per heavy atom. The standard InChI is InChI=1S/C12H12ClNO2/c1-8(15)10-7-9(5-6-11(10)13)3-2-4-12(14)16/h2-3,5-7H,4H2,1H3,(H2,14,16). The van der Waals surface area contributed by atoms with Crippen LogP contribution in [0, 0.1) is 0 Å². The summed E-state index contributed by atoms with van der Waals surface area (Å²) in [6.45, 7) is 1.46. The summed E-state index contributed by atoms with van der Waals surface area (Å²) in [7, 11) is 0. The number of hydrogen-bond acceptors (Lipinski definition) is 2. The summed E-state index contributed by atoms with van der Waals surface area (Å²) in [5.74, 6) is -0.479. The molecule has 4 heteroatoms. The Morgan fingerprint density at radius 3 is 2.69 bits per heavy atom. The average molecular weight is 238 g/mol. The molecule has 3 nitrogen and oxygen atoms in total. The van der Waals surface area contributed by atoms with Crippen LogP contribution in [0.4, 0.5) is 0 Å². The Hall–Kier alpha value is -1.61. The molecule has 0 saturated heterocycles. The highest BCUT2D eigenvalue weighted by Crippen LogP contribution is 2.19. The first-order valence-electron chi connectivity index (χ1n) is 4.76. The van der Waals surface area contributed by atoms with Crippen LogP contribution in [-0.4, -0.2) is 11.7 Å². The van der Waals surface area contributed by atoms with Crippen molar-refractivity contribution >= 4 is 29.4 Å². The molecule has 16 heavy (non-hydrogen) atoms. The Morgan fingerprint density at radius 1 is 1.44 bits per heavy atom. The van der Waals surface area contributed by atoms with Crippen molar-refractivity contribution in [2.75, 3.05) is 0 Å². The van der Waals surface area contributed by atoms with Crippen molar-refractivity contribution in [2.24, 2.45) is 5.73 Å². The zero-order chi connectivity index (χ0) is 12.1. The van der Waals surface area contributed by atoms with E-state index in [2.05, 4.69) is 0 Å². The number of halogens is 1. The van der Waals surface area contributed by atoms with Crippen molar-refractivity contribution in [1.82, 2.24) is 0 Å². The van der Waals surface area contributed by atoms with Crippen molar-refractivity contribution in [3.05, 3.63) is 40.4 Å². The Labute approximate surface area is 98.9 Å². The van der Waals surface area contributed by atoms with E-state index in [1.165, 1.54) is 6.92 Å². The van der Waals surface area contributed by atoms with Crippen molar-refractivity contribution in [3.63, 3.8) is 0 Å². The minimum Gasteiger partial charge on any atom is -0.369 e. The van der Waals surface area contributed by atoms with Gasteiger partial charge in [-0.15, -0.1) is 0 Å². The molecule has 0 aliphatic heterocycles. The lowest BCUT2D eigenvalue weighted by atomic mass is 10.1. The fraction of sp³-hybridized carbons (Fsp3) is 0.167. The summed E-state index contributed by atoms with van der Waals surface area (Å²) in [6, 6.07) is 5.11. The van der Waals surface area contributed by atoms with E-state index < -0.39 is 5.91 Å². The number of nitrogens with two attached hydrogens (primary N) is 1. The van der Waals surface area contributed by atoms with Crippen LogP contribution in [0.5, 0.6) is 0 Å². The van der Waals surface area contributed by atoms with Gasteiger partial charge in [0.15, 0.2) is 5.78 Å². The van der Waals surface area contributed by atoms with Gasteiger partial charge in [0.1, 0.15) is 0 Å². The van der Waals surface area contributed by atoms with Crippen LogP contribution in [0.3, 0.4) is 0 Å². The molecule has 0 fully saturated rings. The summed E-state index contributed by atoms with van der Waals surface area (Å²) in [5, 5.41) is 0.430. The molecule has 0 aliphatic carbocycles. The minimum atomic E-state index is -0.392. The lowest BCUT2D eigenvalue weighted by Gasteiger charge is -2.01. The second kappa shape index (κ2) is 5.47. The van der Waals surface area contributed by atoms with Gasteiger partial charge < -0.3 is 5.73 Å². The van der Waals surface area contributed by atoms with Gasteiger partial charge in [0.25, 0.3) is 0 Å². The maximum absolute atomic E-state index is 11.2. The van der Waals surface area contributed by atoms with E-state index in [0.29, 0.717) is 10.6 Å². The number of primary amides is 1. The monoisotopic (exact) mass is 237 g/mol. The highest BCUT2D eigenvalue weighted by Gasteiger charge is 2.05. The predicted molar refractivity (Wildman–Crippen MR) is 64.3 cm³/mol. The molecule has 0 saturated carbocycles. The number of Topliss-reactive ketones (excluding diaryl/α,β-unsaturated/α-hetero) is 1. The van der Waals surface area contributed by atoms with E-state index in [9.17, 15) is 9.59 Å².